The van der Waals surface area contributed by atoms with Crippen molar-refractivity contribution in [1.82, 2.24) is 9.55 Å². The number of nitrogens with one attached hydrogen (secondary N) is 1. The Morgan fingerprint density at radius 3 is 2.46 bits per heavy atom. The van der Waals surface area contributed by atoms with Gasteiger partial charge in [-0.25, -0.2) is 9.36 Å². The molecule has 5 atom stereocenters. The molecule has 2 rings (SSSR count). The van der Waals surface area contributed by atoms with Gasteiger partial charge in [-0.15, -0.1) is 0 Å². The number of aromatic nitrogens is 2. The van der Waals surface area contributed by atoms with E-state index in [9.17, 15) is 29.3 Å². The molecule has 6 N–H and O–H groups in total. The van der Waals surface area contributed by atoms with E-state index < -0.39 is 55.9 Å². The van der Waals surface area contributed by atoms with Crippen LogP contribution in [-0.4, -0.2) is 59.4 Å². The van der Waals surface area contributed by atoms with Crippen LogP contribution in [0.1, 0.15) is 6.23 Å². The SMILES string of the molecule is O=c1ccn([C@@H]2O[C@H](COP(O)(=S)P(=O)(O)O)[C@@H](O)[C@H]2O)c(=O)[nH]1. The molecule has 136 valence electrons. The van der Waals surface area contributed by atoms with Crippen LogP contribution in [0.2, 0.25) is 0 Å². The summed E-state index contributed by atoms with van der Waals surface area (Å²) >= 11 is 4.33. The summed E-state index contributed by atoms with van der Waals surface area (Å²) < 4.78 is 21.6. The number of rotatable bonds is 5. The molecule has 0 aromatic carbocycles. The van der Waals surface area contributed by atoms with Crippen LogP contribution in [0.15, 0.2) is 21.9 Å². The lowest BCUT2D eigenvalue weighted by Gasteiger charge is -2.20. The molecular formula is C9H14N2O10P2S. The molecule has 0 bridgehead atoms. The van der Waals surface area contributed by atoms with Crippen molar-refractivity contribution < 1.29 is 38.7 Å². The Labute approximate surface area is 138 Å². The molecule has 24 heavy (non-hydrogen) atoms. The number of hydrogen-bond donors (Lipinski definition) is 6. The minimum Gasteiger partial charge on any atom is -0.387 e. The third-order valence-corrected chi connectivity index (χ3v) is 8.90. The number of aromatic amines is 1. The third-order valence-electron chi connectivity index (χ3n) is 3.20. The van der Waals surface area contributed by atoms with Crippen LogP contribution in [0.3, 0.4) is 0 Å². The highest BCUT2D eigenvalue weighted by Gasteiger charge is 2.46. The van der Waals surface area contributed by atoms with E-state index in [1.54, 1.807) is 0 Å². The van der Waals surface area contributed by atoms with Crippen LogP contribution in [0, 0.1) is 0 Å². The predicted molar refractivity (Wildman–Crippen MR) is 81.7 cm³/mol. The smallest absolute Gasteiger partial charge is 0.387 e. The minimum absolute atomic E-state index is 0.674. The van der Waals surface area contributed by atoms with Gasteiger partial charge in [0.2, 0.25) is 0 Å². The number of aliphatic hydroxyl groups is 2. The quantitative estimate of drug-likeness (QED) is 0.286. The number of ether oxygens (including phenoxy) is 1. The fraction of sp³-hybridized carbons (Fsp3) is 0.556. The lowest BCUT2D eigenvalue weighted by molar-refractivity contribution is -0.0512. The van der Waals surface area contributed by atoms with Gasteiger partial charge < -0.3 is 34.2 Å². The summed E-state index contributed by atoms with van der Waals surface area (Å²) in [7, 11) is -5.08. The second-order valence-electron chi connectivity index (χ2n) is 4.86. The van der Waals surface area contributed by atoms with Crippen molar-refractivity contribution >= 4 is 25.3 Å². The Kier molecular flexibility index (Phi) is 5.62. The van der Waals surface area contributed by atoms with Gasteiger partial charge in [0.1, 0.15) is 18.3 Å². The van der Waals surface area contributed by atoms with E-state index in [0.717, 1.165) is 16.8 Å². The van der Waals surface area contributed by atoms with Crippen LogP contribution in [0.4, 0.5) is 0 Å². The van der Waals surface area contributed by atoms with E-state index in [-0.39, 0.29) is 0 Å². The zero-order valence-corrected chi connectivity index (χ0v) is 14.3. The molecular weight excluding hydrogens is 390 g/mol. The number of H-pyrrole nitrogens is 1. The zero-order chi connectivity index (χ0) is 18.3. The van der Waals surface area contributed by atoms with E-state index in [4.69, 9.17) is 14.5 Å². The zero-order valence-electron chi connectivity index (χ0n) is 11.7. The Hall–Kier alpha value is -0.720. The van der Waals surface area contributed by atoms with Gasteiger partial charge in [0.25, 0.3) is 11.7 Å². The maximum atomic E-state index is 11.7. The number of aliphatic hydroxyl groups excluding tert-OH is 2. The van der Waals surface area contributed by atoms with Crippen molar-refractivity contribution in [3.05, 3.63) is 33.1 Å². The minimum atomic E-state index is -5.08. The van der Waals surface area contributed by atoms with Gasteiger partial charge in [-0.2, -0.15) is 0 Å². The first kappa shape index (κ1) is 19.6. The van der Waals surface area contributed by atoms with E-state index in [2.05, 4.69) is 16.3 Å². The molecule has 12 nitrogen and oxygen atoms in total. The van der Waals surface area contributed by atoms with Gasteiger partial charge in [-0.1, -0.05) is 0 Å². The molecule has 15 heteroatoms. The topological polar surface area (TPSA) is 192 Å². The van der Waals surface area contributed by atoms with Crippen molar-refractivity contribution in [3.63, 3.8) is 0 Å². The average molecular weight is 404 g/mol. The molecule has 0 spiro atoms. The lowest BCUT2D eigenvalue weighted by Crippen LogP contribution is -2.37. The summed E-state index contributed by atoms with van der Waals surface area (Å²) in [6.07, 6.45) is -9.35. The van der Waals surface area contributed by atoms with Crippen LogP contribution in [0.5, 0.6) is 0 Å². The molecule has 2 heterocycles. The second kappa shape index (κ2) is 6.89. The van der Waals surface area contributed by atoms with Gasteiger partial charge in [0.05, 0.1) is 6.61 Å². The molecule has 1 fully saturated rings. The third kappa shape index (κ3) is 3.92. The van der Waals surface area contributed by atoms with Gasteiger partial charge in [0, 0.05) is 12.3 Å². The lowest BCUT2D eigenvalue weighted by atomic mass is 10.1. The molecule has 1 aromatic rings. The molecule has 1 aromatic heterocycles. The first-order valence-corrected chi connectivity index (χ1v) is 11.3. The number of hydrogen-bond acceptors (Lipinski definition) is 8. The highest BCUT2D eigenvalue weighted by atomic mass is 32.6. The van der Waals surface area contributed by atoms with Crippen molar-refractivity contribution in [2.75, 3.05) is 6.61 Å². The van der Waals surface area contributed by atoms with Crippen molar-refractivity contribution in [1.29, 1.82) is 0 Å². The largest absolute Gasteiger partial charge is 0.406 e. The van der Waals surface area contributed by atoms with Crippen molar-refractivity contribution in [2.45, 2.75) is 24.5 Å². The summed E-state index contributed by atoms with van der Waals surface area (Å²) in [4.78, 5) is 51.9. The van der Waals surface area contributed by atoms with Crippen molar-refractivity contribution in [2.24, 2.45) is 0 Å². The van der Waals surface area contributed by atoms with Gasteiger partial charge in [-0.3, -0.25) is 14.3 Å². The Bertz CT molecular complexity index is 817. The molecule has 0 radical (unpaired) electrons. The molecule has 1 aliphatic heterocycles. The molecule has 0 aliphatic carbocycles. The van der Waals surface area contributed by atoms with Crippen LogP contribution in [0.25, 0.3) is 0 Å². The average Bonchev–Trinajstić information content (AvgIpc) is 2.72. The summed E-state index contributed by atoms with van der Waals surface area (Å²) in [5.74, 6) is 0. The second-order valence-corrected chi connectivity index (χ2v) is 12.6. The fourth-order valence-corrected chi connectivity index (χ4v) is 3.30. The normalized spacial score (nSPS) is 30.2. The van der Waals surface area contributed by atoms with Crippen LogP contribution in [-0.2, 0) is 25.6 Å². The summed E-state index contributed by atoms with van der Waals surface area (Å²) in [6.45, 7) is -0.730. The van der Waals surface area contributed by atoms with E-state index in [1.165, 1.54) is 0 Å². The van der Waals surface area contributed by atoms with Crippen molar-refractivity contribution in [3.8, 4) is 0 Å². The highest BCUT2D eigenvalue weighted by molar-refractivity contribution is 8.47. The van der Waals surface area contributed by atoms with Gasteiger partial charge in [0.15, 0.2) is 6.23 Å². The molecule has 0 amide bonds. The molecule has 1 saturated heterocycles. The van der Waals surface area contributed by atoms with Gasteiger partial charge >= 0.3 is 13.0 Å². The molecule has 0 saturated carbocycles. The maximum Gasteiger partial charge on any atom is 0.406 e. The molecule has 1 unspecified atom stereocenters. The highest BCUT2D eigenvalue weighted by Crippen LogP contribution is 2.75. The first-order chi connectivity index (χ1) is 10.9. The summed E-state index contributed by atoms with van der Waals surface area (Å²) in [6, 6.07) is 0.995. The summed E-state index contributed by atoms with van der Waals surface area (Å²) in [5.41, 5.74) is -1.57. The number of nitrogens with zero attached hydrogens (tertiary/aromatic N) is 1. The summed E-state index contributed by atoms with van der Waals surface area (Å²) in [5, 5.41) is 19.8. The Balaban J connectivity index is 2.16. The van der Waals surface area contributed by atoms with Gasteiger partial charge in [-0.05, 0) is 11.8 Å². The first-order valence-electron chi connectivity index (χ1n) is 6.30. The Morgan fingerprint density at radius 1 is 1.29 bits per heavy atom. The monoisotopic (exact) mass is 404 g/mol. The standard InChI is InChI=1S/C9H14N2O10P2S/c12-5-1-2-11(9(15)10-5)8-7(14)6(13)4(21-8)3-20-23(19,24)22(16,17)18/h1-2,4,6-8,13-14H,3H2,(H,19,24)(H,10,12,15)(H2,16,17,18)/t4-,6-,7-,8-,23?/m1/s1. The van der Waals surface area contributed by atoms with Crippen LogP contribution < -0.4 is 11.2 Å². The predicted octanol–water partition coefficient (Wildman–Crippen LogP) is -2.43. The van der Waals surface area contributed by atoms with Crippen LogP contribution >= 0.6 is 13.5 Å². The van der Waals surface area contributed by atoms with E-state index in [0.29, 0.717) is 0 Å². The van der Waals surface area contributed by atoms with E-state index in [1.807, 2.05) is 4.98 Å². The Morgan fingerprint density at radius 2 is 1.92 bits per heavy atom. The van der Waals surface area contributed by atoms with E-state index >= 15 is 0 Å². The fourth-order valence-electron chi connectivity index (χ4n) is 1.97. The molecule has 1 aliphatic rings. The maximum absolute atomic E-state index is 11.7.